The van der Waals surface area contributed by atoms with Crippen LogP contribution in [-0.4, -0.2) is 57.1 Å². The number of hydrogen-bond donors (Lipinski definition) is 1. The van der Waals surface area contributed by atoms with Gasteiger partial charge in [0.1, 0.15) is 17.5 Å². The molecule has 0 saturated carbocycles. The highest BCUT2D eigenvalue weighted by Crippen LogP contribution is 2.29. The smallest absolute Gasteiger partial charge is 0.416 e. The molecule has 3 rings (SSSR count). The molecule has 0 aliphatic heterocycles. The number of carbonyl (C=O) groups excluding carboxylic acids is 2. The lowest BCUT2D eigenvalue weighted by Gasteiger charge is -2.23. The molecule has 0 aliphatic rings. The van der Waals surface area contributed by atoms with Gasteiger partial charge in [-0.2, -0.15) is 13.2 Å². The quantitative estimate of drug-likeness (QED) is 0.318. The third-order valence-corrected chi connectivity index (χ3v) is 5.45. The fourth-order valence-electron chi connectivity index (χ4n) is 3.60. The zero-order valence-corrected chi connectivity index (χ0v) is 25.2. The predicted octanol–water partition coefficient (Wildman–Crippen LogP) is 6.24. The van der Waals surface area contributed by atoms with E-state index in [1.807, 2.05) is 65.7 Å². The third kappa shape index (κ3) is 10.1. The lowest BCUT2D eigenvalue weighted by atomic mass is 10.1. The van der Waals surface area contributed by atoms with Gasteiger partial charge in [0.2, 0.25) is 0 Å². The first kappa shape index (κ1) is 34.9. The van der Waals surface area contributed by atoms with E-state index in [0.717, 1.165) is 29.8 Å². The summed E-state index contributed by atoms with van der Waals surface area (Å²) >= 11 is 0. The number of halogens is 3. The summed E-state index contributed by atoms with van der Waals surface area (Å²) in [6.45, 7) is 8.00. The van der Waals surface area contributed by atoms with E-state index < -0.39 is 23.6 Å². The maximum absolute atomic E-state index is 12.7. The minimum atomic E-state index is -4.46. The first-order valence-electron chi connectivity index (χ1n) is 13.3. The second-order valence-electron chi connectivity index (χ2n) is 8.71. The van der Waals surface area contributed by atoms with Gasteiger partial charge < -0.3 is 19.9 Å². The maximum atomic E-state index is 12.7. The summed E-state index contributed by atoms with van der Waals surface area (Å²) in [6.07, 6.45) is -4.03. The Kier molecular flexibility index (Phi) is 13.8. The van der Waals surface area contributed by atoms with Crippen LogP contribution in [0.2, 0.25) is 0 Å². The normalized spacial score (nSPS) is 10.3. The number of hydrogen-bond acceptors (Lipinski definition) is 7. The average molecular weight is 576 g/mol. The van der Waals surface area contributed by atoms with Gasteiger partial charge in [-0.1, -0.05) is 39.8 Å². The molecule has 11 heteroatoms. The van der Waals surface area contributed by atoms with Crippen molar-refractivity contribution in [1.29, 1.82) is 0 Å². The van der Waals surface area contributed by atoms with Crippen molar-refractivity contribution in [3.63, 3.8) is 0 Å². The molecular weight excluding hydrogens is 535 g/mol. The molecule has 1 aromatic heterocycles. The molecule has 1 N–H and O–H groups in total. The molecule has 2 aromatic carbocycles. The van der Waals surface area contributed by atoms with E-state index in [1.165, 1.54) is 7.11 Å². The van der Waals surface area contributed by atoms with Gasteiger partial charge in [0.25, 0.3) is 5.91 Å². The van der Waals surface area contributed by atoms with Crippen LogP contribution < -0.4 is 15.1 Å². The number of ether oxygens (including phenoxy) is 1. The number of methoxy groups -OCH3 is 1. The van der Waals surface area contributed by atoms with E-state index in [2.05, 4.69) is 15.3 Å². The van der Waals surface area contributed by atoms with E-state index >= 15 is 0 Å². The highest BCUT2D eigenvalue weighted by molar-refractivity contribution is 6.04. The molecule has 0 spiro atoms. The molecule has 0 unspecified atom stereocenters. The van der Waals surface area contributed by atoms with Crippen molar-refractivity contribution >= 4 is 29.2 Å². The van der Waals surface area contributed by atoms with Crippen LogP contribution >= 0.6 is 0 Å². The summed E-state index contributed by atoms with van der Waals surface area (Å²) in [4.78, 5) is 37.4. The molecule has 1 amide bonds. The highest BCUT2D eigenvalue weighted by atomic mass is 19.4. The van der Waals surface area contributed by atoms with Crippen molar-refractivity contribution in [3.8, 4) is 0 Å². The van der Waals surface area contributed by atoms with E-state index in [4.69, 9.17) is 4.74 Å². The minimum Gasteiger partial charge on any atom is -0.469 e. The second-order valence-corrected chi connectivity index (χ2v) is 8.71. The first-order valence-corrected chi connectivity index (χ1v) is 13.3. The summed E-state index contributed by atoms with van der Waals surface area (Å²) in [6, 6.07) is 11.0. The van der Waals surface area contributed by atoms with Crippen LogP contribution in [0.1, 0.15) is 60.6 Å². The minimum absolute atomic E-state index is 0.0329. The van der Waals surface area contributed by atoms with Crippen molar-refractivity contribution in [2.24, 2.45) is 0 Å². The second kappa shape index (κ2) is 16.2. The topological polar surface area (TPSA) is 87.7 Å². The number of benzene rings is 2. The van der Waals surface area contributed by atoms with Crippen LogP contribution in [0.3, 0.4) is 0 Å². The summed E-state index contributed by atoms with van der Waals surface area (Å²) in [5.41, 5.74) is 1.33. The molecular formula is C30H40F3N5O3. The molecule has 0 fully saturated rings. The Morgan fingerprint density at radius 1 is 0.829 bits per heavy atom. The standard InChI is InChI=1S/C26H28F3N5O3.2C2H6/c1-33(2)23-20(15-22(35)37-5)24(34(3)4)32-21(31-23)14-16-6-12-19(13-7-16)30-25(36)17-8-10-18(11-9-17)26(27,28)29;2*1-2/h6-13H,14-15H2,1-5H3,(H,30,36);2*1-2H3. The van der Waals surface area contributed by atoms with E-state index in [9.17, 15) is 22.8 Å². The SMILES string of the molecule is CC.CC.COC(=O)Cc1c(N(C)C)nc(Cc2ccc(NC(=O)c3ccc(C(F)(F)F)cc3)cc2)nc1N(C)C. The predicted molar refractivity (Wildman–Crippen MR) is 158 cm³/mol. The molecule has 0 radical (unpaired) electrons. The number of carbonyl (C=O) groups is 2. The van der Waals surface area contributed by atoms with E-state index in [1.54, 1.807) is 24.3 Å². The number of rotatable bonds is 8. The Morgan fingerprint density at radius 3 is 1.73 bits per heavy atom. The Balaban J connectivity index is 0.00000201. The summed E-state index contributed by atoms with van der Waals surface area (Å²) < 4.78 is 43.0. The van der Waals surface area contributed by atoms with Gasteiger partial charge in [-0.15, -0.1) is 0 Å². The van der Waals surface area contributed by atoms with Crippen LogP contribution in [0.4, 0.5) is 30.5 Å². The molecule has 224 valence electrons. The molecule has 0 aliphatic carbocycles. The highest BCUT2D eigenvalue weighted by Gasteiger charge is 2.30. The number of nitrogens with one attached hydrogen (secondary N) is 1. The molecule has 8 nitrogen and oxygen atoms in total. The Morgan fingerprint density at radius 2 is 1.32 bits per heavy atom. The van der Waals surface area contributed by atoms with Crippen LogP contribution in [-0.2, 0) is 28.5 Å². The fraction of sp³-hybridized carbons (Fsp3) is 0.400. The van der Waals surface area contributed by atoms with Gasteiger partial charge >= 0.3 is 12.1 Å². The number of esters is 1. The lowest BCUT2D eigenvalue weighted by molar-refractivity contribution is -0.140. The number of amides is 1. The average Bonchev–Trinajstić information content (AvgIpc) is 2.96. The zero-order chi connectivity index (χ0) is 31.3. The largest absolute Gasteiger partial charge is 0.469 e. The first-order chi connectivity index (χ1) is 19.4. The molecule has 41 heavy (non-hydrogen) atoms. The third-order valence-electron chi connectivity index (χ3n) is 5.45. The van der Waals surface area contributed by atoms with Crippen LogP contribution in [0.25, 0.3) is 0 Å². The monoisotopic (exact) mass is 575 g/mol. The van der Waals surface area contributed by atoms with Crippen molar-refractivity contribution < 1.29 is 27.5 Å². The Labute approximate surface area is 240 Å². The number of nitrogens with zero attached hydrogens (tertiary/aromatic N) is 4. The van der Waals surface area contributed by atoms with Crippen LogP contribution in [0, 0.1) is 0 Å². The van der Waals surface area contributed by atoms with E-state index in [-0.39, 0.29) is 12.0 Å². The van der Waals surface area contributed by atoms with Gasteiger partial charge in [-0.05, 0) is 42.0 Å². The molecule has 0 saturated heterocycles. The van der Waals surface area contributed by atoms with Crippen LogP contribution in [0.5, 0.6) is 0 Å². The maximum Gasteiger partial charge on any atom is 0.416 e. The van der Waals surface area contributed by atoms with Crippen molar-refractivity contribution in [1.82, 2.24) is 9.97 Å². The molecule has 0 bridgehead atoms. The Hall–Kier alpha value is -4.15. The van der Waals surface area contributed by atoms with Crippen molar-refractivity contribution in [3.05, 3.63) is 76.6 Å². The summed E-state index contributed by atoms with van der Waals surface area (Å²) in [5, 5.41) is 2.68. The summed E-state index contributed by atoms with van der Waals surface area (Å²) in [7, 11) is 8.67. The fourth-order valence-corrected chi connectivity index (χ4v) is 3.60. The van der Waals surface area contributed by atoms with Gasteiger partial charge in [-0.3, -0.25) is 9.59 Å². The van der Waals surface area contributed by atoms with Crippen molar-refractivity contribution in [2.75, 3.05) is 50.4 Å². The number of aromatic nitrogens is 2. The Bertz CT molecular complexity index is 1230. The van der Waals surface area contributed by atoms with Crippen LogP contribution in [0.15, 0.2) is 48.5 Å². The van der Waals surface area contributed by atoms with Gasteiger partial charge in [-0.25, -0.2) is 9.97 Å². The lowest BCUT2D eigenvalue weighted by Crippen LogP contribution is -2.23. The van der Waals surface area contributed by atoms with Crippen molar-refractivity contribution in [2.45, 2.75) is 46.7 Å². The number of alkyl halides is 3. The van der Waals surface area contributed by atoms with E-state index in [0.29, 0.717) is 35.1 Å². The summed E-state index contributed by atoms with van der Waals surface area (Å²) in [5.74, 6) is 0.857. The molecule has 3 aromatic rings. The van der Waals surface area contributed by atoms with Gasteiger partial charge in [0, 0.05) is 51.4 Å². The molecule has 1 heterocycles. The number of anilines is 3. The molecule has 0 atom stereocenters. The van der Waals surface area contributed by atoms with Gasteiger partial charge in [0.15, 0.2) is 0 Å². The zero-order valence-electron chi connectivity index (χ0n) is 25.2. The van der Waals surface area contributed by atoms with Gasteiger partial charge in [0.05, 0.1) is 19.1 Å².